The molecular weight excluding hydrogens is 374 g/mol. The summed E-state index contributed by atoms with van der Waals surface area (Å²) in [6.07, 6.45) is 1.58. The zero-order chi connectivity index (χ0) is 19.7. The van der Waals surface area contributed by atoms with Gasteiger partial charge >= 0.3 is 6.03 Å². The number of carbonyl (C=O) groups is 2. The molecule has 2 N–H and O–H groups in total. The Labute approximate surface area is 168 Å². The Morgan fingerprint density at radius 2 is 1.89 bits per heavy atom. The molecule has 4 rings (SSSR count). The summed E-state index contributed by atoms with van der Waals surface area (Å²) in [6, 6.07) is 10.3. The lowest BCUT2D eigenvalue weighted by molar-refractivity contribution is -0.133. The molecule has 0 atom stereocenters. The fourth-order valence-corrected chi connectivity index (χ4v) is 4.87. The number of nitrogens with two attached hydrogens (primary N) is 1. The molecule has 2 saturated heterocycles. The van der Waals surface area contributed by atoms with Gasteiger partial charge in [0, 0.05) is 44.0 Å². The molecular formula is C20H25N5O2S. The molecule has 3 heterocycles. The number of amides is 3. The van der Waals surface area contributed by atoms with Crippen LogP contribution in [0.5, 0.6) is 0 Å². The second kappa shape index (κ2) is 7.43. The number of rotatable bonds is 4. The lowest BCUT2D eigenvalue weighted by Crippen LogP contribution is -2.49. The topological polar surface area (TPSA) is 82.8 Å². The summed E-state index contributed by atoms with van der Waals surface area (Å²) in [5, 5.41) is 2.61. The minimum absolute atomic E-state index is 0.0168. The van der Waals surface area contributed by atoms with E-state index in [1.54, 1.807) is 16.8 Å². The van der Waals surface area contributed by atoms with Gasteiger partial charge in [0.2, 0.25) is 5.91 Å². The number of aromatic nitrogens is 1. The molecule has 2 aliphatic heterocycles. The van der Waals surface area contributed by atoms with E-state index in [1.807, 2.05) is 28.5 Å². The third-order valence-corrected chi connectivity index (χ3v) is 6.61. The Hall–Kier alpha value is -2.61. The van der Waals surface area contributed by atoms with E-state index < -0.39 is 0 Å². The number of thiazole rings is 1. The summed E-state index contributed by atoms with van der Waals surface area (Å²) in [5.41, 5.74) is 7.89. The van der Waals surface area contributed by atoms with Gasteiger partial charge < -0.3 is 20.4 Å². The van der Waals surface area contributed by atoms with Gasteiger partial charge in [-0.25, -0.2) is 9.78 Å². The SMILES string of the molecule is CN1CCN(CC(=O)N2CCC(c3ccccc3)(c3csc(N)n3)CC2)C1=O. The second-order valence-corrected chi connectivity index (χ2v) is 8.42. The average molecular weight is 400 g/mol. The molecule has 0 unspecified atom stereocenters. The minimum atomic E-state index is -0.226. The third kappa shape index (κ3) is 3.32. The highest BCUT2D eigenvalue weighted by Gasteiger charge is 2.41. The number of likely N-dealkylation sites (N-methyl/N-ethyl adjacent to an activating group) is 1. The maximum Gasteiger partial charge on any atom is 0.320 e. The smallest absolute Gasteiger partial charge is 0.320 e. The van der Waals surface area contributed by atoms with Crippen LogP contribution < -0.4 is 5.73 Å². The van der Waals surface area contributed by atoms with Gasteiger partial charge in [-0.1, -0.05) is 30.3 Å². The van der Waals surface area contributed by atoms with Crippen LogP contribution in [0.15, 0.2) is 35.7 Å². The number of likely N-dealkylation sites (tertiary alicyclic amines) is 1. The molecule has 2 fully saturated rings. The van der Waals surface area contributed by atoms with E-state index >= 15 is 0 Å². The summed E-state index contributed by atoms with van der Waals surface area (Å²) >= 11 is 1.46. The van der Waals surface area contributed by atoms with Crippen molar-refractivity contribution < 1.29 is 9.59 Å². The first-order chi connectivity index (χ1) is 13.5. The number of piperidine rings is 1. The van der Waals surface area contributed by atoms with Crippen LogP contribution >= 0.6 is 11.3 Å². The van der Waals surface area contributed by atoms with Gasteiger partial charge in [-0.3, -0.25) is 4.79 Å². The number of benzene rings is 1. The Morgan fingerprint density at radius 3 is 2.46 bits per heavy atom. The second-order valence-electron chi connectivity index (χ2n) is 7.53. The largest absolute Gasteiger partial charge is 0.375 e. The average Bonchev–Trinajstić information content (AvgIpc) is 3.30. The van der Waals surface area contributed by atoms with Crippen LogP contribution in [-0.2, 0) is 10.2 Å². The number of carbonyl (C=O) groups excluding carboxylic acids is 2. The highest BCUT2D eigenvalue weighted by molar-refractivity contribution is 7.13. The summed E-state index contributed by atoms with van der Waals surface area (Å²) in [5.74, 6) is 0.0168. The van der Waals surface area contributed by atoms with Crippen molar-refractivity contribution in [3.63, 3.8) is 0 Å². The lowest BCUT2D eigenvalue weighted by atomic mass is 9.70. The van der Waals surface area contributed by atoms with Crippen LogP contribution in [-0.4, -0.2) is 71.4 Å². The normalized spacial score (nSPS) is 19.3. The van der Waals surface area contributed by atoms with Crippen LogP contribution in [0.3, 0.4) is 0 Å². The maximum absolute atomic E-state index is 12.8. The van der Waals surface area contributed by atoms with Gasteiger partial charge in [0.15, 0.2) is 5.13 Å². The quantitative estimate of drug-likeness (QED) is 0.852. The van der Waals surface area contributed by atoms with Crippen molar-refractivity contribution in [2.75, 3.05) is 45.5 Å². The Kier molecular flexibility index (Phi) is 4.97. The first-order valence-corrected chi connectivity index (χ1v) is 10.4. The van der Waals surface area contributed by atoms with Crippen molar-refractivity contribution in [1.29, 1.82) is 0 Å². The number of nitrogen functional groups attached to an aromatic ring is 1. The highest BCUT2D eigenvalue weighted by atomic mass is 32.1. The number of hydrogen-bond acceptors (Lipinski definition) is 5. The van der Waals surface area contributed by atoms with Gasteiger partial charge in [-0.15, -0.1) is 11.3 Å². The molecule has 0 aliphatic carbocycles. The molecule has 2 aliphatic rings. The van der Waals surface area contributed by atoms with Crippen molar-refractivity contribution >= 4 is 28.4 Å². The fraction of sp³-hybridized carbons (Fsp3) is 0.450. The van der Waals surface area contributed by atoms with Crippen LogP contribution in [0.25, 0.3) is 0 Å². The van der Waals surface area contributed by atoms with E-state index in [2.05, 4.69) is 17.1 Å². The molecule has 7 nitrogen and oxygen atoms in total. The molecule has 8 heteroatoms. The summed E-state index contributed by atoms with van der Waals surface area (Å²) in [7, 11) is 1.77. The van der Waals surface area contributed by atoms with E-state index in [-0.39, 0.29) is 23.9 Å². The van der Waals surface area contributed by atoms with E-state index in [9.17, 15) is 9.59 Å². The zero-order valence-corrected chi connectivity index (χ0v) is 16.8. The van der Waals surface area contributed by atoms with Gasteiger partial charge in [0.25, 0.3) is 0 Å². The van der Waals surface area contributed by atoms with Crippen LogP contribution in [0.4, 0.5) is 9.93 Å². The number of urea groups is 1. The van der Waals surface area contributed by atoms with Crippen molar-refractivity contribution in [3.05, 3.63) is 47.0 Å². The Morgan fingerprint density at radius 1 is 1.18 bits per heavy atom. The maximum atomic E-state index is 12.8. The zero-order valence-electron chi connectivity index (χ0n) is 16.0. The summed E-state index contributed by atoms with van der Waals surface area (Å²) in [4.78, 5) is 34.6. The lowest BCUT2D eigenvalue weighted by Gasteiger charge is -2.41. The van der Waals surface area contributed by atoms with E-state index in [4.69, 9.17) is 5.73 Å². The summed E-state index contributed by atoms with van der Waals surface area (Å²) < 4.78 is 0. The fourth-order valence-electron chi connectivity index (χ4n) is 4.21. The summed E-state index contributed by atoms with van der Waals surface area (Å²) in [6.45, 7) is 2.73. The molecule has 2 aromatic rings. The van der Waals surface area contributed by atoms with Gasteiger partial charge in [0.1, 0.15) is 6.54 Å². The Balaban J connectivity index is 1.50. The van der Waals surface area contributed by atoms with Crippen LogP contribution in [0, 0.1) is 0 Å². The number of hydrogen-bond donors (Lipinski definition) is 1. The molecule has 0 radical (unpaired) electrons. The Bertz CT molecular complexity index is 860. The van der Waals surface area contributed by atoms with Gasteiger partial charge in [-0.2, -0.15) is 0 Å². The van der Waals surface area contributed by atoms with E-state index in [1.165, 1.54) is 16.9 Å². The van der Waals surface area contributed by atoms with E-state index in [0.717, 1.165) is 18.5 Å². The molecule has 1 aromatic heterocycles. The highest BCUT2D eigenvalue weighted by Crippen LogP contribution is 2.42. The van der Waals surface area contributed by atoms with E-state index in [0.29, 0.717) is 31.3 Å². The molecule has 3 amide bonds. The van der Waals surface area contributed by atoms with Crippen molar-refractivity contribution in [2.45, 2.75) is 18.3 Å². The first kappa shape index (κ1) is 18.7. The third-order valence-electron chi connectivity index (χ3n) is 5.94. The van der Waals surface area contributed by atoms with Crippen molar-refractivity contribution in [1.82, 2.24) is 19.7 Å². The predicted molar refractivity (Wildman–Crippen MR) is 109 cm³/mol. The standard InChI is InChI=1S/C20H25N5O2S/c1-23-11-12-25(19(23)27)13-17(26)24-9-7-20(8-10-24,15-5-3-2-4-6-15)16-14-28-18(21)22-16/h2-6,14H,7-13H2,1H3,(H2,21,22). The van der Waals surface area contributed by atoms with Crippen molar-refractivity contribution in [3.8, 4) is 0 Å². The van der Waals surface area contributed by atoms with Crippen LogP contribution in [0.2, 0.25) is 0 Å². The van der Waals surface area contributed by atoms with Gasteiger partial charge in [0.05, 0.1) is 5.69 Å². The first-order valence-electron chi connectivity index (χ1n) is 9.54. The molecule has 0 saturated carbocycles. The molecule has 0 spiro atoms. The molecule has 28 heavy (non-hydrogen) atoms. The van der Waals surface area contributed by atoms with Crippen molar-refractivity contribution in [2.24, 2.45) is 0 Å². The molecule has 148 valence electrons. The number of nitrogens with zero attached hydrogens (tertiary/aromatic N) is 4. The van der Waals surface area contributed by atoms with Gasteiger partial charge in [-0.05, 0) is 18.4 Å². The predicted octanol–water partition coefficient (Wildman–Crippen LogP) is 2.00. The molecule has 0 bridgehead atoms. The number of anilines is 1. The minimum Gasteiger partial charge on any atom is -0.375 e. The molecule has 1 aromatic carbocycles. The van der Waals surface area contributed by atoms with Crippen LogP contribution in [0.1, 0.15) is 24.1 Å². The monoisotopic (exact) mass is 399 g/mol.